The van der Waals surface area contributed by atoms with Crippen molar-refractivity contribution in [2.24, 2.45) is 5.10 Å². The first-order chi connectivity index (χ1) is 16.3. The minimum atomic E-state index is -0.503. The second-order valence-electron chi connectivity index (χ2n) is 7.57. The summed E-state index contributed by atoms with van der Waals surface area (Å²) in [6, 6.07) is 16.1. The third-order valence-corrected chi connectivity index (χ3v) is 5.64. The lowest BCUT2D eigenvalue weighted by molar-refractivity contribution is -0.123. The van der Waals surface area contributed by atoms with Crippen LogP contribution >= 0.6 is 15.9 Å². The summed E-state index contributed by atoms with van der Waals surface area (Å²) in [6.07, 6.45) is 1.45. The second kappa shape index (κ2) is 11.5. The number of carbonyl (C=O) groups is 2. The van der Waals surface area contributed by atoms with Crippen LogP contribution in [0.15, 0.2) is 64.2 Å². The molecule has 3 aromatic carbocycles. The maximum absolute atomic E-state index is 12.5. The zero-order chi connectivity index (χ0) is 24.7. The third-order valence-electron chi connectivity index (χ3n) is 5.05. The van der Waals surface area contributed by atoms with E-state index in [0.717, 1.165) is 16.7 Å². The van der Waals surface area contributed by atoms with Crippen molar-refractivity contribution in [2.75, 3.05) is 13.7 Å². The maximum Gasteiger partial charge on any atom is 0.343 e. The van der Waals surface area contributed by atoms with Crippen LogP contribution in [0.3, 0.4) is 0 Å². The number of hydrazone groups is 1. The Morgan fingerprint density at radius 3 is 2.47 bits per heavy atom. The summed E-state index contributed by atoms with van der Waals surface area (Å²) < 4.78 is 17.0. The quantitative estimate of drug-likeness (QED) is 0.191. The number of hydrogen-bond acceptors (Lipinski definition) is 6. The molecule has 0 aliphatic carbocycles. The van der Waals surface area contributed by atoms with Crippen LogP contribution in [0.5, 0.6) is 17.2 Å². The number of nitrogens with zero attached hydrogens (tertiary/aromatic N) is 1. The molecule has 0 saturated heterocycles. The summed E-state index contributed by atoms with van der Waals surface area (Å²) in [6.45, 7) is 5.69. The number of amides is 1. The lowest BCUT2D eigenvalue weighted by Gasteiger charge is -2.12. The molecule has 1 N–H and O–H groups in total. The molecule has 34 heavy (non-hydrogen) atoms. The molecule has 0 aliphatic heterocycles. The normalized spacial score (nSPS) is 10.7. The average Bonchev–Trinajstić information content (AvgIpc) is 2.81. The number of carbonyl (C=O) groups excluding carboxylic acids is 2. The topological polar surface area (TPSA) is 86.2 Å². The first kappa shape index (κ1) is 25.0. The van der Waals surface area contributed by atoms with Gasteiger partial charge in [-0.2, -0.15) is 5.10 Å². The number of hydrogen-bond donors (Lipinski definition) is 1. The number of halogens is 1. The van der Waals surface area contributed by atoms with Gasteiger partial charge >= 0.3 is 5.97 Å². The summed E-state index contributed by atoms with van der Waals surface area (Å²) in [5.41, 5.74) is 6.59. The molecule has 0 aliphatic rings. The Bertz CT molecular complexity index is 1220. The van der Waals surface area contributed by atoms with E-state index in [0.29, 0.717) is 27.1 Å². The molecule has 176 valence electrons. The van der Waals surface area contributed by atoms with E-state index in [4.69, 9.17) is 14.2 Å². The van der Waals surface area contributed by atoms with Crippen molar-refractivity contribution in [2.45, 2.75) is 20.8 Å². The summed E-state index contributed by atoms with van der Waals surface area (Å²) in [5, 5.41) is 3.97. The van der Waals surface area contributed by atoms with Gasteiger partial charge in [0.25, 0.3) is 5.91 Å². The van der Waals surface area contributed by atoms with Crippen molar-refractivity contribution >= 4 is 34.0 Å². The minimum Gasteiger partial charge on any atom is -0.493 e. The highest BCUT2D eigenvalue weighted by Gasteiger charge is 2.17. The number of benzene rings is 3. The van der Waals surface area contributed by atoms with Gasteiger partial charge in [0.05, 0.1) is 23.4 Å². The summed E-state index contributed by atoms with van der Waals surface area (Å²) in [7, 11) is 1.47. The SMILES string of the molecule is COc1cc(C=NNC(=O)COc2cccc(C)c2C)cc(Br)c1OC(=O)c1ccc(C)cc1. The maximum atomic E-state index is 12.5. The van der Waals surface area contributed by atoms with Gasteiger partial charge in [0.15, 0.2) is 18.1 Å². The zero-order valence-electron chi connectivity index (χ0n) is 19.3. The Balaban J connectivity index is 1.63. The van der Waals surface area contributed by atoms with Crippen molar-refractivity contribution in [3.05, 3.63) is 86.9 Å². The van der Waals surface area contributed by atoms with Crippen LogP contribution in [0.4, 0.5) is 0 Å². The number of rotatable bonds is 8. The van der Waals surface area contributed by atoms with Crippen molar-refractivity contribution in [1.29, 1.82) is 0 Å². The predicted molar refractivity (Wildman–Crippen MR) is 134 cm³/mol. The second-order valence-corrected chi connectivity index (χ2v) is 8.42. The summed E-state index contributed by atoms with van der Waals surface area (Å²) in [5.74, 6) is 0.337. The van der Waals surface area contributed by atoms with Crippen LogP contribution in [0.25, 0.3) is 0 Å². The Labute approximate surface area is 206 Å². The van der Waals surface area contributed by atoms with E-state index in [1.54, 1.807) is 24.3 Å². The van der Waals surface area contributed by atoms with Gasteiger partial charge in [0.2, 0.25) is 0 Å². The number of nitrogens with one attached hydrogen (secondary N) is 1. The molecule has 3 aromatic rings. The fourth-order valence-corrected chi connectivity index (χ4v) is 3.53. The predicted octanol–water partition coefficient (Wildman–Crippen LogP) is 5.13. The van der Waals surface area contributed by atoms with Crippen molar-refractivity contribution < 1.29 is 23.8 Å². The monoisotopic (exact) mass is 524 g/mol. The minimum absolute atomic E-state index is 0.164. The largest absolute Gasteiger partial charge is 0.493 e. The molecule has 7 nitrogen and oxygen atoms in total. The highest BCUT2D eigenvalue weighted by Crippen LogP contribution is 2.36. The molecule has 0 saturated carbocycles. The molecule has 1 amide bonds. The van der Waals surface area contributed by atoms with Crippen LogP contribution in [0.2, 0.25) is 0 Å². The van der Waals surface area contributed by atoms with Crippen molar-refractivity contribution in [1.82, 2.24) is 5.43 Å². The fraction of sp³-hybridized carbons (Fsp3) is 0.192. The van der Waals surface area contributed by atoms with Gasteiger partial charge < -0.3 is 14.2 Å². The molecular weight excluding hydrogens is 500 g/mol. The van der Waals surface area contributed by atoms with Crippen LogP contribution in [0.1, 0.15) is 32.6 Å². The summed E-state index contributed by atoms with van der Waals surface area (Å²) >= 11 is 3.41. The zero-order valence-corrected chi connectivity index (χ0v) is 20.9. The van der Waals surface area contributed by atoms with Crippen LogP contribution in [-0.2, 0) is 4.79 Å². The Morgan fingerprint density at radius 1 is 1.03 bits per heavy atom. The van der Waals surface area contributed by atoms with Gasteiger partial charge in [-0.1, -0.05) is 29.8 Å². The number of esters is 1. The number of ether oxygens (including phenoxy) is 3. The highest BCUT2D eigenvalue weighted by molar-refractivity contribution is 9.10. The highest BCUT2D eigenvalue weighted by atomic mass is 79.9. The molecule has 0 bridgehead atoms. The van der Waals surface area contributed by atoms with E-state index < -0.39 is 11.9 Å². The molecule has 0 spiro atoms. The molecular formula is C26H25BrN2O5. The van der Waals surface area contributed by atoms with E-state index in [-0.39, 0.29) is 12.4 Å². The van der Waals surface area contributed by atoms with Crippen molar-refractivity contribution in [3.63, 3.8) is 0 Å². The van der Waals surface area contributed by atoms with Crippen LogP contribution < -0.4 is 19.6 Å². The molecule has 0 aromatic heterocycles. The molecule has 3 rings (SSSR count). The first-order valence-corrected chi connectivity index (χ1v) is 11.2. The number of methoxy groups -OCH3 is 1. The van der Waals surface area contributed by atoms with Gasteiger partial charge in [0.1, 0.15) is 5.75 Å². The standard InChI is InChI=1S/C26H25BrN2O5/c1-16-8-10-20(11-9-16)26(31)34-25-21(27)12-19(13-23(25)32-4)14-28-29-24(30)15-33-22-7-5-6-17(2)18(22)3/h5-14H,15H2,1-4H3,(H,29,30). The number of aryl methyl sites for hydroxylation is 2. The Hall–Kier alpha value is -3.65. The van der Waals surface area contributed by atoms with Gasteiger partial charge in [0, 0.05) is 0 Å². The van der Waals surface area contributed by atoms with E-state index in [1.165, 1.54) is 13.3 Å². The Morgan fingerprint density at radius 2 is 1.76 bits per heavy atom. The van der Waals surface area contributed by atoms with Gasteiger partial charge in [-0.3, -0.25) is 4.79 Å². The average molecular weight is 525 g/mol. The first-order valence-electron chi connectivity index (χ1n) is 10.5. The smallest absolute Gasteiger partial charge is 0.343 e. The summed E-state index contributed by atoms with van der Waals surface area (Å²) in [4.78, 5) is 24.6. The lowest BCUT2D eigenvalue weighted by atomic mass is 10.1. The van der Waals surface area contributed by atoms with Gasteiger partial charge in [-0.05, 0) is 83.7 Å². The van der Waals surface area contributed by atoms with Gasteiger partial charge in [-0.15, -0.1) is 0 Å². The molecule has 0 heterocycles. The molecule has 8 heteroatoms. The Kier molecular flexibility index (Phi) is 8.43. The van der Waals surface area contributed by atoms with Crippen LogP contribution in [-0.4, -0.2) is 31.8 Å². The molecule has 0 unspecified atom stereocenters. The van der Waals surface area contributed by atoms with E-state index in [9.17, 15) is 9.59 Å². The van der Waals surface area contributed by atoms with Gasteiger partial charge in [-0.25, -0.2) is 10.2 Å². The van der Waals surface area contributed by atoms with E-state index >= 15 is 0 Å². The lowest BCUT2D eigenvalue weighted by Crippen LogP contribution is -2.24. The molecule has 0 atom stereocenters. The van der Waals surface area contributed by atoms with E-state index in [2.05, 4.69) is 26.5 Å². The molecule has 0 fully saturated rings. The van der Waals surface area contributed by atoms with E-state index in [1.807, 2.05) is 51.1 Å². The molecule has 0 radical (unpaired) electrons. The fourth-order valence-electron chi connectivity index (χ4n) is 2.99. The third kappa shape index (κ3) is 6.45. The van der Waals surface area contributed by atoms with Crippen molar-refractivity contribution in [3.8, 4) is 17.2 Å². The van der Waals surface area contributed by atoms with Crippen LogP contribution in [0, 0.1) is 20.8 Å².